The Balaban J connectivity index is 2.43. The number of imide groups is 1. The number of ether oxygens (including phenoxy) is 1. The van der Waals surface area contributed by atoms with Crippen LogP contribution in [0.5, 0.6) is 5.75 Å². The number of carbonyl (C=O) groups excluding carboxylic acids is 2. The third kappa shape index (κ3) is 2.14. The molecule has 0 atom stereocenters. The first kappa shape index (κ1) is 12.4. The van der Waals surface area contributed by atoms with Crippen LogP contribution in [-0.2, 0) is 11.2 Å². The van der Waals surface area contributed by atoms with Crippen molar-refractivity contribution in [2.24, 2.45) is 5.73 Å². The van der Waals surface area contributed by atoms with Crippen molar-refractivity contribution in [3.05, 3.63) is 23.8 Å². The fraction of sp³-hybridized carbons (Fsp3) is 0.333. The minimum Gasteiger partial charge on any atom is -0.482 e. The van der Waals surface area contributed by atoms with Crippen molar-refractivity contribution >= 4 is 17.6 Å². The molecule has 0 aromatic heterocycles. The van der Waals surface area contributed by atoms with E-state index in [2.05, 4.69) is 5.32 Å². The smallest absolute Gasteiger partial charge is 0.328 e. The zero-order valence-electron chi connectivity index (χ0n) is 10.1. The normalized spacial score (nSPS) is 13.9. The summed E-state index contributed by atoms with van der Waals surface area (Å²) < 4.78 is 5.29. The van der Waals surface area contributed by atoms with Crippen molar-refractivity contribution in [2.45, 2.75) is 6.42 Å². The van der Waals surface area contributed by atoms with Gasteiger partial charge in [-0.15, -0.1) is 0 Å². The molecule has 0 radical (unpaired) electrons. The van der Waals surface area contributed by atoms with Gasteiger partial charge < -0.3 is 15.8 Å². The molecule has 3 N–H and O–H groups in total. The zero-order valence-corrected chi connectivity index (χ0v) is 10.1. The summed E-state index contributed by atoms with van der Waals surface area (Å²) in [5, 5.41) is 2.44. The Morgan fingerprint density at radius 2 is 2.33 bits per heavy atom. The maximum absolute atomic E-state index is 11.7. The summed E-state index contributed by atoms with van der Waals surface area (Å²) in [4.78, 5) is 24.6. The van der Waals surface area contributed by atoms with Gasteiger partial charge in [-0.1, -0.05) is 6.07 Å². The number of anilines is 1. The van der Waals surface area contributed by atoms with Crippen molar-refractivity contribution in [3.63, 3.8) is 0 Å². The van der Waals surface area contributed by atoms with Crippen LogP contribution >= 0.6 is 0 Å². The van der Waals surface area contributed by atoms with Gasteiger partial charge in [0.05, 0.1) is 5.69 Å². The van der Waals surface area contributed by atoms with Crippen LogP contribution in [0.3, 0.4) is 0 Å². The SMILES string of the molecule is CNC(=O)N1C(=O)COc2ccc(CCN)cc21. The lowest BCUT2D eigenvalue weighted by Crippen LogP contribution is -2.47. The van der Waals surface area contributed by atoms with Crippen molar-refractivity contribution < 1.29 is 14.3 Å². The lowest BCUT2D eigenvalue weighted by molar-refractivity contribution is -0.120. The van der Waals surface area contributed by atoms with Crippen molar-refractivity contribution in [3.8, 4) is 5.75 Å². The van der Waals surface area contributed by atoms with Gasteiger partial charge in [-0.2, -0.15) is 0 Å². The Kier molecular flexibility index (Phi) is 3.47. The summed E-state index contributed by atoms with van der Waals surface area (Å²) in [5.74, 6) is 0.144. The first-order valence-corrected chi connectivity index (χ1v) is 5.68. The largest absolute Gasteiger partial charge is 0.482 e. The number of benzene rings is 1. The standard InChI is InChI=1S/C12H15N3O3/c1-14-12(17)15-9-6-8(4-5-13)2-3-10(9)18-7-11(15)16/h2-3,6H,4-5,7,13H2,1H3,(H,14,17). The number of hydrogen-bond donors (Lipinski definition) is 2. The molecule has 0 saturated heterocycles. The number of carbonyl (C=O) groups is 2. The molecule has 1 aliphatic rings. The van der Waals surface area contributed by atoms with Crippen LogP contribution in [0.15, 0.2) is 18.2 Å². The van der Waals surface area contributed by atoms with Crippen molar-refractivity contribution in [1.82, 2.24) is 5.32 Å². The average Bonchev–Trinajstić information content (AvgIpc) is 2.38. The summed E-state index contributed by atoms with van der Waals surface area (Å²) in [5.41, 5.74) is 6.92. The van der Waals surface area contributed by atoms with Gasteiger partial charge in [0, 0.05) is 7.05 Å². The number of amides is 3. The average molecular weight is 249 g/mol. The first-order valence-electron chi connectivity index (χ1n) is 5.68. The first-order chi connectivity index (χ1) is 8.67. The summed E-state index contributed by atoms with van der Waals surface area (Å²) in [6.07, 6.45) is 0.684. The van der Waals surface area contributed by atoms with E-state index in [0.717, 1.165) is 10.5 Å². The molecule has 0 unspecified atom stereocenters. The van der Waals surface area contributed by atoms with Crippen LogP contribution in [0.2, 0.25) is 0 Å². The minimum atomic E-state index is -0.463. The van der Waals surface area contributed by atoms with Crippen molar-refractivity contribution in [1.29, 1.82) is 0 Å². The van der Waals surface area contributed by atoms with Crippen molar-refractivity contribution in [2.75, 3.05) is 25.1 Å². The maximum atomic E-state index is 11.7. The predicted molar refractivity (Wildman–Crippen MR) is 66.6 cm³/mol. The Hall–Kier alpha value is -2.08. The lowest BCUT2D eigenvalue weighted by Gasteiger charge is -2.27. The fourth-order valence-electron chi connectivity index (χ4n) is 1.85. The molecule has 0 fully saturated rings. The second-order valence-electron chi connectivity index (χ2n) is 3.91. The van der Waals surface area contributed by atoms with Crippen LogP contribution in [0.4, 0.5) is 10.5 Å². The van der Waals surface area contributed by atoms with Crippen LogP contribution in [0.1, 0.15) is 5.56 Å². The second-order valence-corrected chi connectivity index (χ2v) is 3.91. The van der Waals surface area contributed by atoms with Gasteiger partial charge in [0.1, 0.15) is 5.75 Å². The quantitative estimate of drug-likeness (QED) is 0.787. The molecule has 18 heavy (non-hydrogen) atoms. The van der Waals surface area contributed by atoms with E-state index >= 15 is 0 Å². The van der Waals surface area contributed by atoms with Crippen LogP contribution in [0, 0.1) is 0 Å². The van der Waals surface area contributed by atoms with Crippen LogP contribution in [0.25, 0.3) is 0 Å². The van der Waals surface area contributed by atoms with Gasteiger partial charge in [-0.25, -0.2) is 9.69 Å². The highest BCUT2D eigenvalue weighted by atomic mass is 16.5. The number of fused-ring (bicyclic) bond motifs is 1. The third-order valence-electron chi connectivity index (χ3n) is 2.71. The molecule has 1 aromatic carbocycles. The van der Waals surface area contributed by atoms with E-state index in [1.165, 1.54) is 7.05 Å². The molecule has 6 nitrogen and oxygen atoms in total. The minimum absolute atomic E-state index is 0.128. The molecule has 0 spiro atoms. The summed E-state index contributed by atoms with van der Waals surface area (Å²) >= 11 is 0. The van der Waals surface area contributed by atoms with E-state index in [-0.39, 0.29) is 12.5 Å². The summed E-state index contributed by atoms with van der Waals surface area (Å²) in [6, 6.07) is 4.93. The molecule has 96 valence electrons. The molecular weight excluding hydrogens is 234 g/mol. The van der Waals surface area contributed by atoms with E-state index in [9.17, 15) is 9.59 Å². The monoisotopic (exact) mass is 249 g/mol. The number of nitrogens with one attached hydrogen (secondary N) is 1. The van der Waals surface area contributed by atoms with Crippen LogP contribution < -0.4 is 20.7 Å². The molecule has 1 aromatic rings. The third-order valence-corrected chi connectivity index (χ3v) is 2.71. The Labute approximate surface area is 105 Å². The molecular formula is C12H15N3O3. The van der Waals surface area contributed by atoms with E-state index in [4.69, 9.17) is 10.5 Å². The topological polar surface area (TPSA) is 84.7 Å². The van der Waals surface area contributed by atoms with Gasteiger partial charge in [0.25, 0.3) is 5.91 Å². The maximum Gasteiger partial charge on any atom is 0.328 e. The summed E-state index contributed by atoms with van der Waals surface area (Å²) in [6.45, 7) is 0.379. The lowest BCUT2D eigenvalue weighted by atomic mass is 10.1. The highest BCUT2D eigenvalue weighted by Crippen LogP contribution is 2.33. The second kappa shape index (κ2) is 5.05. The Morgan fingerprint density at radius 3 is 3.00 bits per heavy atom. The van der Waals surface area contributed by atoms with Gasteiger partial charge in [0.2, 0.25) is 0 Å². The molecule has 1 heterocycles. The highest BCUT2D eigenvalue weighted by Gasteiger charge is 2.30. The van der Waals surface area contributed by atoms with Gasteiger partial charge in [0.15, 0.2) is 6.61 Å². The number of nitrogens with two attached hydrogens (primary N) is 1. The zero-order chi connectivity index (χ0) is 13.1. The highest BCUT2D eigenvalue weighted by molar-refractivity contribution is 6.16. The van der Waals surface area contributed by atoms with Gasteiger partial charge in [-0.3, -0.25) is 4.79 Å². The Morgan fingerprint density at radius 1 is 1.56 bits per heavy atom. The number of urea groups is 1. The van der Waals surface area contributed by atoms with Gasteiger partial charge >= 0.3 is 6.03 Å². The van der Waals surface area contributed by atoms with Gasteiger partial charge in [-0.05, 0) is 30.7 Å². The molecule has 2 rings (SSSR count). The number of hydrogen-bond acceptors (Lipinski definition) is 4. The van der Waals surface area contributed by atoms with E-state index < -0.39 is 6.03 Å². The summed E-state index contributed by atoms with van der Waals surface area (Å²) in [7, 11) is 1.48. The molecule has 0 aliphatic carbocycles. The molecule has 0 saturated carbocycles. The number of nitrogens with zero attached hydrogens (tertiary/aromatic N) is 1. The predicted octanol–water partition coefficient (Wildman–Crippen LogP) is 0.253. The van der Waals surface area contributed by atoms with Crippen LogP contribution in [-0.4, -0.2) is 32.1 Å². The number of rotatable bonds is 2. The fourth-order valence-corrected chi connectivity index (χ4v) is 1.85. The Bertz CT molecular complexity index is 487. The molecule has 6 heteroatoms. The van der Waals surface area contributed by atoms with E-state index in [1.807, 2.05) is 6.07 Å². The van der Waals surface area contributed by atoms with E-state index in [0.29, 0.717) is 24.4 Å². The molecule has 3 amide bonds. The van der Waals surface area contributed by atoms with E-state index in [1.54, 1.807) is 12.1 Å². The molecule has 0 bridgehead atoms. The molecule has 1 aliphatic heterocycles.